The van der Waals surface area contributed by atoms with E-state index in [2.05, 4.69) is 50.2 Å². The van der Waals surface area contributed by atoms with Crippen molar-refractivity contribution in [2.75, 3.05) is 0 Å². The van der Waals surface area contributed by atoms with Crippen molar-refractivity contribution in [2.45, 2.75) is 73.0 Å². The highest BCUT2D eigenvalue weighted by atomic mass is 16.3. The first-order valence-corrected chi connectivity index (χ1v) is 21.6. The highest BCUT2D eigenvalue weighted by molar-refractivity contribution is 5.98. The second-order valence-corrected chi connectivity index (χ2v) is 17.2. The van der Waals surface area contributed by atoms with Gasteiger partial charge in [-0.1, -0.05) is 145 Å². The van der Waals surface area contributed by atoms with Crippen LogP contribution in [0, 0.1) is 13.7 Å². The van der Waals surface area contributed by atoms with Crippen LogP contribution in [0.2, 0.25) is 0 Å². The number of hydrogen-bond donors (Lipinski definition) is 1. The number of phenols is 1. The number of aryl methyl sites for hydroxylation is 1. The van der Waals surface area contributed by atoms with Crippen LogP contribution in [0.4, 0.5) is 0 Å². The number of aromatic nitrogens is 3. The molecule has 0 saturated heterocycles. The van der Waals surface area contributed by atoms with Crippen LogP contribution in [0.25, 0.3) is 83.9 Å². The molecule has 0 bridgehead atoms. The van der Waals surface area contributed by atoms with Crippen molar-refractivity contribution in [1.82, 2.24) is 14.5 Å². The van der Waals surface area contributed by atoms with Gasteiger partial charge in [0.1, 0.15) is 11.6 Å². The molecule has 9 rings (SSSR count). The summed E-state index contributed by atoms with van der Waals surface area (Å²) in [6, 6.07) is 50.8. The Morgan fingerprint density at radius 2 is 1.24 bits per heavy atom. The second kappa shape index (κ2) is 17.0. The van der Waals surface area contributed by atoms with Crippen molar-refractivity contribution in [3.8, 4) is 78.6 Å². The number of para-hydroxylation sites is 1. The van der Waals surface area contributed by atoms with Gasteiger partial charge in [-0.3, -0.25) is 9.55 Å². The average Bonchev–Trinajstić information content (AvgIpc) is 3.73. The molecule has 4 nitrogen and oxygen atoms in total. The largest absolute Gasteiger partial charge is 0.507 e. The molecule has 312 valence electrons. The van der Waals surface area contributed by atoms with Crippen molar-refractivity contribution in [3.05, 3.63) is 192 Å². The predicted octanol–water partition coefficient (Wildman–Crippen LogP) is 16.1. The highest BCUT2D eigenvalue weighted by Crippen LogP contribution is 2.44. The standard InChI is InChI=1S/C59H55N3O/c1-36(2)41-22-24-43(25-23-41)45-26-27-60-55(34-45)49-30-47(42-16-11-9-12-17-42)29-48(31-49)51-20-15-21-56-57(51)61-59(54-33-46(37(3)4)32-52(38(5)6)58(54)63)62(56)50-28-39(7)40(8)53(35-50)44-18-13-10-14-19-44/h9-38,63H,1-8H3/i7D3,8D3,36D. The molecule has 2 aromatic heterocycles. The molecule has 0 spiro atoms. The number of pyridine rings is 1. The molecule has 0 fully saturated rings. The predicted molar refractivity (Wildman–Crippen MR) is 265 cm³/mol. The summed E-state index contributed by atoms with van der Waals surface area (Å²) < 4.78 is 62.7. The Morgan fingerprint density at radius 1 is 0.540 bits per heavy atom. The van der Waals surface area contributed by atoms with Crippen LogP contribution >= 0.6 is 0 Å². The second-order valence-electron chi connectivity index (χ2n) is 17.2. The third-order valence-corrected chi connectivity index (χ3v) is 12.0. The zero-order chi connectivity index (χ0) is 49.9. The summed E-state index contributed by atoms with van der Waals surface area (Å²) in [5.74, 6) is -0.237. The van der Waals surface area contributed by atoms with Gasteiger partial charge in [0.05, 0.1) is 22.3 Å². The lowest BCUT2D eigenvalue weighted by Gasteiger charge is -2.19. The van der Waals surface area contributed by atoms with E-state index in [-0.39, 0.29) is 34.3 Å². The van der Waals surface area contributed by atoms with Crippen LogP contribution < -0.4 is 0 Å². The number of phenolic OH excluding ortho intramolecular Hbond substituents is 1. The van der Waals surface area contributed by atoms with E-state index in [0.29, 0.717) is 33.7 Å². The van der Waals surface area contributed by atoms with E-state index in [9.17, 15) is 5.11 Å². The van der Waals surface area contributed by atoms with Crippen molar-refractivity contribution in [3.63, 3.8) is 0 Å². The maximum atomic E-state index is 12.3. The molecule has 0 aliphatic heterocycles. The molecule has 0 aliphatic carbocycles. The van der Waals surface area contributed by atoms with Gasteiger partial charge in [-0.15, -0.1) is 0 Å². The maximum Gasteiger partial charge on any atom is 0.149 e. The first-order valence-electron chi connectivity index (χ1n) is 25.1. The van der Waals surface area contributed by atoms with Gasteiger partial charge in [0, 0.05) is 32.6 Å². The van der Waals surface area contributed by atoms with Crippen LogP contribution in [-0.2, 0) is 0 Å². The van der Waals surface area contributed by atoms with E-state index in [1.807, 2.05) is 123 Å². The molecule has 0 unspecified atom stereocenters. The lowest BCUT2D eigenvalue weighted by molar-refractivity contribution is 0.466. The Bertz CT molecular complexity index is 3380. The molecule has 0 aliphatic rings. The van der Waals surface area contributed by atoms with Gasteiger partial charge in [-0.05, 0) is 153 Å². The smallest absolute Gasteiger partial charge is 0.149 e. The molecular formula is C59H55N3O. The van der Waals surface area contributed by atoms with E-state index in [0.717, 1.165) is 61.3 Å². The fourth-order valence-electron chi connectivity index (χ4n) is 8.49. The Hall–Kier alpha value is -7.04. The number of aromatic hydroxyl groups is 1. The molecule has 1 N–H and O–H groups in total. The monoisotopic (exact) mass is 828 g/mol. The number of hydrogen-bond acceptors (Lipinski definition) is 3. The first-order chi connectivity index (χ1) is 33.2. The minimum absolute atomic E-state index is 0.0442. The van der Waals surface area contributed by atoms with Crippen LogP contribution in [0.15, 0.2) is 164 Å². The van der Waals surface area contributed by atoms with E-state index < -0.39 is 19.6 Å². The van der Waals surface area contributed by atoms with Crippen molar-refractivity contribution in [2.24, 2.45) is 0 Å². The summed E-state index contributed by atoms with van der Waals surface area (Å²) in [6.45, 7) is 6.44. The number of benzene rings is 7. The van der Waals surface area contributed by atoms with Gasteiger partial charge >= 0.3 is 0 Å². The summed E-state index contributed by atoms with van der Waals surface area (Å²) in [7, 11) is 0. The fraction of sp³-hybridized carbons (Fsp3) is 0.186. The molecular weight excluding hydrogens is 767 g/mol. The maximum absolute atomic E-state index is 12.3. The van der Waals surface area contributed by atoms with Crippen LogP contribution in [0.1, 0.15) is 96.7 Å². The van der Waals surface area contributed by atoms with E-state index in [4.69, 9.17) is 19.6 Å². The lowest BCUT2D eigenvalue weighted by atomic mass is 9.91. The van der Waals surface area contributed by atoms with Gasteiger partial charge in [-0.25, -0.2) is 4.98 Å². The highest BCUT2D eigenvalue weighted by Gasteiger charge is 2.25. The van der Waals surface area contributed by atoms with Crippen LogP contribution in [0.5, 0.6) is 5.75 Å². The number of fused-ring (bicyclic) bond motifs is 1. The van der Waals surface area contributed by atoms with E-state index >= 15 is 0 Å². The van der Waals surface area contributed by atoms with Crippen LogP contribution in [-0.4, -0.2) is 19.6 Å². The zero-order valence-corrected chi connectivity index (χ0v) is 36.5. The third kappa shape index (κ3) is 7.98. The van der Waals surface area contributed by atoms with Crippen molar-refractivity contribution in [1.29, 1.82) is 0 Å². The minimum Gasteiger partial charge on any atom is -0.507 e. The number of rotatable bonds is 10. The van der Waals surface area contributed by atoms with E-state index in [1.54, 1.807) is 30.3 Å². The van der Waals surface area contributed by atoms with Gasteiger partial charge in [0.15, 0.2) is 0 Å². The van der Waals surface area contributed by atoms with Gasteiger partial charge in [0.2, 0.25) is 0 Å². The molecule has 0 saturated carbocycles. The summed E-state index contributed by atoms with van der Waals surface area (Å²) >= 11 is 0. The first kappa shape index (κ1) is 33.6. The van der Waals surface area contributed by atoms with Crippen molar-refractivity contribution >= 4 is 11.0 Å². The Morgan fingerprint density at radius 3 is 1.92 bits per heavy atom. The minimum atomic E-state index is -2.81. The summed E-state index contributed by atoms with van der Waals surface area (Å²) in [5.41, 5.74) is 12.2. The quantitative estimate of drug-likeness (QED) is 0.149. The SMILES string of the molecule is [2H]C([2H])([2H])c1cc(-n2c(-c3cc(C(C)C)cc(C(C)C)c3O)nc3c(-c4cc(-c5ccccc5)cc(-c5cc(-c6ccc(C([2H])(C)C)cc6)ccn5)c4)cccc32)cc(-c2ccccc2)c1C([2H])([2H])[2H]. The van der Waals surface area contributed by atoms with Gasteiger partial charge < -0.3 is 5.11 Å². The molecule has 0 atom stereocenters. The topological polar surface area (TPSA) is 50.9 Å². The molecule has 2 heterocycles. The molecule has 9 aromatic rings. The van der Waals surface area contributed by atoms with Gasteiger partial charge in [-0.2, -0.15) is 0 Å². The van der Waals surface area contributed by atoms with Crippen molar-refractivity contribution < 1.29 is 14.7 Å². The molecule has 63 heavy (non-hydrogen) atoms. The number of nitrogens with zero attached hydrogens (tertiary/aromatic N) is 3. The zero-order valence-electron chi connectivity index (χ0n) is 43.5. The fourth-order valence-corrected chi connectivity index (χ4v) is 8.49. The Labute approximate surface area is 382 Å². The number of imidazole rings is 1. The summed E-state index contributed by atoms with van der Waals surface area (Å²) in [5, 5.41) is 12.3. The Balaban J connectivity index is 1.35. The third-order valence-electron chi connectivity index (χ3n) is 12.0. The van der Waals surface area contributed by atoms with Crippen LogP contribution in [0.3, 0.4) is 0 Å². The average molecular weight is 829 g/mol. The molecule has 4 heteroatoms. The Kier molecular flexibility index (Phi) is 9.07. The lowest BCUT2D eigenvalue weighted by Crippen LogP contribution is -2.03. The molecule has 7 aromatic carbocycles. The van der Waals surface area contributed by atoms with E-state index in [1.165, 1.54) is 6.07 Å². The molecule has 0 amide bonds. The molecule has 0 radical (unpaired) electrons. The summed E-state index contributed by atoms with van der Waals surface area (Å²) in [4.78, 5) is 10.4. The normalized spacial score (nSPS) is 13.9. The summed E-state index contributed by atoms with van der Waals surface area (Å²) in [6.07, 6.45) is 1.81. The van der Waals surface area contributed by atoms with Gasteiger partial charge in [0.25, 0.3) is 0 Å².